The predicted octanol–water partition coefficient (Wildman–Crippen LogP) is 4.80. The highest BCUT2D eigenvalue weighted by Gasteiger charge is 2.33. The lowest BCUT2D eigenvalue weighted by Gasteiger charge is -2.40. The molecule has 0 radical (unpaired) electrons. The minimum absolute atomic E-state index is 0.0629. The number of halogens is 4. The van der Waals surface area contributed by atoms with Gasteiger partial charge in [0.1, 0.15) is 5.82 Å². The van der Waals surface area contributed by atoms with Crippen LogP contribution in [0, 0.1) is 6.92 Å². The highest BCUT2D eigenvalue weighted by atomic mass is 35.5. The summed E-state index contributed by atoms with van der Waals surface area (Å²) in [7, 11) is 0. The number of anilines is 2. The number of hydrogen-bond acceptors (Lipinski definition) is 3. The molecule has 2 amide bonds. The number of pyridine rings is 1. The largest absolute Gasteiger partial charge is 0.416 e. The van der Waals surface area contributed by atoms with E-state index >= 15 is 0 Å². The summed E-state index contributed by atoms with van der Waals surface area (Å²) < 4.78 is 38.6. The molecule has 5 nitrogen and oxygen atoms in total. The number of nitrogens with zero attached hydrogens (tertiary/aromatic N) is 3. The van der Waals surface area contributed by atoms with E-state index in [2.05, 4.69) is 10.3 Å². The van der Waals surface area contributed by atoms with Gasteiger partial charge in [-0.1, -0.05) is 11.6 Å². The average molecular weight is 413 g/mol. The summed E-state index contributed by atoms with van der Waals surface area (Å²) in [6, 6.07) is 6.62. The maximum Gasteiger partial charge on any atom is 0.416 e. The van der Waals surface area contributed by atoms with Crippen molar-refractivity contribution in [1.82, 2.24) is 9.88 Å². The molecule has 28 heavy (non-hydrogen) atoms. The van der Waals surface area contributed by atoms with Gasteiger partial charge in [0, 0.05) is 37.6 Å². The predicted molar refractivity (Wildman–Crippen MR) is 103 cm³/mol. The molecule has 3 rings (SSSR count). The van der Waals surface area contributed by atoms with E-state index in [1.807, 2.05) is 11.8 Å². The van der Waals surface area contributed by atoms with Crippen molar-refractivity contribution in [3.05, 3.63) is 52.7 Å². The Morgan fingerprint density at radius 2 is 2.04 bits per heavy atom. The van der Waals surface area contributed by atoms with Gasteiger partial charge in [-0.15, -0.1) is 0 Å². The summed E-state index contributed by atoms with van der Waals surface area (Å²) in [5.41, 5.74) is -0.314. The number of piperazine rings is 1. The molecular formula is C19H20ClF3N4O. The van der Waals surface area contributed by atoms with Crippen LogP contribution < -0.4 is 10.2 Å². The van der Waals surface area contributed by atoms with Gasteiger partial charge in [-0.3, -0.25) is 0 Å². The molecule has 0 spiro atoms. The Bertz CT molecular complexity index is 874. The van der Waals surface area contributed by atoms with Crippen LogP contribution in [0.1, 0.15) is 18.1 Å². The van der Waals surface area contributed by atoms with Crippen LogP contribution in [0.25, 0.3) is 0 Å². The number of amides is 2. The molecule has 150 valence electrons. The summed E-state index contributed by atoms with van der Waals surface area (Å²) in [4.78, 5) is 20.6. The number of hydrogen-bond donors (Lipinski definition) is 1. The molecule has 1 saturated heterocycles. The van der Waals surface area contributed by atoms with Gasteiger partial charge in [0.2, 0.25) is 0 Å². The summed E-state index contributed by atoms with van der Waals surface area (Å²) in [6.45, 7) is 4.83. The maximum atomic E-state index is 12.9. The Morgan fingerprint density at radius 1 is 1.29 bits per heavy atom. The van der Waals surface area contributed by atoms with Gasteiger partial charge in [0.15, 0.2) is 0 Å². The van der Waals surface area contributed by atoms with Crippen molar-refractivity contribution in [3.8, 4) is 0 Å². The van der Waals surface area contributed by atoms with E-state index in [9.17, 15) is 18.0 Å². The molecule has 1 N–H and O–H groups in total. The normalized spacial score (nSPS) is 17.6. The molecule has 9 heteroatoms. The van der Waals surface area contributed by atoms with Crippen LogP contribution in [0.4, 0.5) is 29.5 Å². The second-order valence-corrected chi connectivity index (χ2v) is 7.16. The van der Waals surface area contributed by atoms with Crippen LogP contribution in [0.3, 0.4) is 0 Å². The third-order valence-corrected chi connectivity index (χ3v) is 5.01. The fourth-order valence-electron chi connectivity index (χ4n) is 3.32. The van der Waals surface area contributed by atoms with Gasteiger partial charge in [-0.25, -0.2) is 9.78 Å². The van der Waals surface area contributed by atoms with E-state index in [0.29, 0.717) is 36.2 Å². The third-order valence-electron chi connectivity index (χ3n) is 4.71. The molecule has 1 aromatic heterocycles. The smallest absolute Gasteiger partial charge is 0.352 e. The van der Waals surface area contributed by atoms with Gasteiger partial charge >= 0.3 is 12.2 Å². The topological polar surface area (TPSA) is 48.5 Å². The maximum absolute atomic E-state index is 12.9. The van der Waals surface area contributed by atoms with Gasteiger partial charge in [0.05, 0.1) is 10.6 Å². The first kappa shape index (κ1) is 20.3. The van der Waals surface area contributed by atoms with Crippen LogP contribution >= 0.6 is 11.6 Å². The first-order valence-electron chi connectivity index (χ1n) is 8.77. The number of benzene rings is 1. The molecule has 0 unspecified atom stereocenters. The van der Waals surface area contributed by atoms with Crippen molar-refractivity contribution in [2.24, 2.45) is 0 Å². The number of nitrogens with one attached hydrogen (secondary N) is 1. The van der Waals surface area contributed by atoms with Gasteiger partial charge in [0.25, 0.3) is 0 Å². The molecule has 0 bridgehead atoms. The minimum Gasteiger partial charge on any atom is -0.352 e. The van der Waals surface area contributed by atoms with E-state index in [4.69, 9.17) is 11.6 Å². The number of carbonyl (C=O) groups is 1. The minimum atomic E-state index is -4.41. The lowest BCUT2D eigenvalue weighted by molar-refractivity contribution is -0.138. The number of carbonyl (C=O) groups excluding carboxylic acids is 1. The lowest BCUT2D eigenvalue weighted by Crippen LogP contribution is -2.55. The molecule has 1 fully saturated rings. The first-order chi connectivity index (χ1) is 13.2. The lowest BCUT2D eigenvalue weighted by atomic mass is 10.1. The van der Waals surface area contributed by atoms with Crippen molar-refractivity contribution in [2.45, 2.75) is 26.1 Å². The zero-order chi connectivity index (χ0) is 20.5. The Balaban J connectivity index is 1.66. The molecule has 0 saturated carbocycles. The number of alkyl halides is 3. The highest BCUT2D eigenvalue weighted by molar-refractivity contribution is 6.32. The third kappa shape index (κ3) is 4.32. The van der Waals surface area contributed by atoms with E-state index in [0.717, 1.165) is 6.07 Å². The van der Waals surface area contributed by atoms with Crippen molar-refractivity contribution in [1.29, 1.82) is 0 Å². The molecule has 2 heterocycles. The molecule has 2 aromatic rings. The van der Waals surface area contributed by atoms with E-state index < -0.39 is 11.7 Å². The van der Waals surface area contributed by atoms with Gasteiger partial charge in [-0.2, -0.15) is 13.2 Å². The SMILES string of the molecule is Cc1cc(NC(=O)N2CCN(c3ncccc3Cl)C[C@H]2C)ccc1C(F)(F)F. The first-order valence-corrected chi connectivity index (χ1v) is 9.15. The molecule has 1 aliphatic rings. The zero-order valence-corrected chi connectivity index (χ0v) is 16.2. The number of rotatable bonds is 2. The summed E-state index contributed by atoms with van der Waals surface area (Å²) >= 11 is 6.19. The van der Waals surface area contributed by atoms with Gasteiger partial charge < -0.3 is 15.1 Å². The van der Waals surface area contributed by atoms with Crippen LogP contribution in [0.2, 0.25) is 5.02 Å². The number of urea groups is 1. The van der Waals surface area contributed by atoms with E-state index in [1.54, 1.807) is 23.2 Å². The van der Waals surface area contributed by atoms with Crippen molar-refractivity contribution < 1.29 is 18.0 Å². The van der Waals surface area contributed by atoms with Crippen molar-refractivity contribution >= 4 is 29.1 Å². The van der Waals surface area contributed by atoms with Crippen LogP contribution in [-0.2, 0) is 6.18 Å². The van der Waals surface area contributed by atoms with Crippen molar-refractivity contribution in [2.75, 3.05) is 29.9 Å². The van der Waals surface area contributed by atoms with Crippen LogP contribution in [0.15, 0.2) is 36.5 Å². The standard InChI is InChI=1S/C19H20ClF3N4O/c1-12-10-14(5-6-15(12)19(21,22)23)25-18(28)27-9-8-26(11-13(27)2)17-16(20)4-3-7-24-17/h3-7,10,13H,8-9,11H2,1-2H3,(H,25,28)/t13-/m1/s1. The van der Waals surface area contributed by atoms with E-state index in [-0.39, 0.29) is 17.6 Å². The van der Waals surface area contributed by atoms with Crippen LogP contribution in [0.5, 0.6) is 0 Å². The quantitative estimate of drug-likeness (QED) is 0.770. The molecule has 1 aliphatic heterocycles. The second kappa shape index (κ2) is 7.87. The Kier molecular flexibility index (Phi) is 5.69. The monoisotopic (exact) mass is 412 g/mol. The molecule has 1 aromatic carbocycles. The fraction of sp³-hybridized carbons (Fsp3) is 0.368. The molecular weight excluding hydrogens is 393 g/mol. The summed E-state index contributed by atoms with van der Waals surface area (Å²) in [6.07, 6.45) is -2.75. The summed E-state index contributed by atoms with van der Waals surface area (Å²) in [5.74, 6) is 0.675. The fourth-order valence-corrected chi connectivity index (χ4v) is 3.56. The molecule has 0 aliphatic carbocycles. The molecule has 1 atom stereocenters. The van der Waals surface area contributed by atoms with Crippen LogP contribution in [-0.4, -0.2) is 41.6 Å². The zero-order valence-electron chi connectivity index (χ0n) is 15.4. The van der Waals surface area contributed by atoms with E-state index in [1.165, 1.54) is 19.1 Å². The summed E-state index contributed by atoms with van der Waals surface area (Å²) in [5, 5.41) is 3.24. The Hall–Kier alpha value is -2.48. The van der Waals surface area contributed by atoms with Gasteiger partial charge in [-0.05, 0) is 49.7 Å². The number of aryl methyl sites for hydroxylation is 1. The second-order valence-electron chi connectivity index (χ2n) is 6.75. The Morgan fingerprint density at radius 3 is 2.64 bits per heavy atom. The highest BCUT2D eigenvalue weighted by Crippen LogP contribution is 2.33. The van der Waals surface area contributed by atoms with Crippen molar-refractivity contribution in [3.63, 3.8) is 0 Å². The average Bonchev–Trinajstić information content (AvgIpc) is 2.60. The Labute approximate surface area is 166 Å². The number of aromatic nitrogens is 1.